The number of anilines is 2. The summed E-state index contributed by atoms with van der Waals surface area (Å²) in [6.07, 6.45) is 0.282. The predicted octanol–water partition coefficient (Wildman–Crippen LogP) is 3.66. The van der Waals surface area contributed by atoms with Crippen LogP contribution in [0.15, 0.2) is 47.0 Å². The van der Waals surface area contributed by atoms with Gasteiger partial charge in [0, 0.05) is 35.8 Å². The molecule has 5 rings (SSSR count). The molecule has 31 heavy (non-hydrogen) atoms. The second-order valence-corrected chi connectivity index (χ2v) is 7.89. The summed E-state index contributed by atoms with van der Waals surface area (Å²) in [6, 6.07) is 12.6. The smallest absolute Gasteiger partial charge is 0.265 e. The Kier molecular flexibility index (Phi) is 4.86. The largest absolute Gasteiger partial charge is 0.482 e. The SMILES string of the molecule is CCN1C(=O)COc2ccc(-c3noc(C4CC(=O)N(c5cccc(Cl)c5)C4)n3)cc21. The van der Waals surface area contributed by atoms with Crippen molar-refractivity contribution in [2.75, 3.05) is 29.5 Å². The molecule has 2 aliphatic heterocycles. The van der Waals surface area contributed by atoms with E-state index in [9.17, 15) is 9.59 Å². The van der Waals surface area contributed by atoms with Crippen molar-refractivity contribution in [3.63, 3.8) is 0 Å². The number of amides is 2. The maximum atomic E-state index is 12.5. The van der Waals surface area contributed by atoms with E-state index in [4.69, 9.17) is 20.9 Å². The van der Waals surface area contributed by atoms with Crippen molar-refractivity contribution in [3.05, 3.63) is 53.4 Å². The third kappa shape index (κ3) is 3.53. The van der Waals surface area contributed by atoms with E-state index in [0.717, 1.165) is 5.69 Å². The van der Waals surface area contributed by atoms with Gasteiger partial charge in [-0.3, -0.25) is 9.59 Å². The Morgan fingerprint density at radius 1 is 1.16 bits per heavy atom. The number of halogens is 1. The van der Waals surface area contributed by atoms with Crippen molar-refractivity contribution in [2.24, 2.45) is 0 Å². The number of nitrogens with zero attached hydrogens (tertiary/aromatic N) is 4. The highest BCUT2D eigenvalue weighted by atomic mass is 35.5. The van der Waals surface area contributed by atoms with Gasteiger partial charge in [-0.1, -0.05) is 22.8 Å². The van der Waals surface area contributed by atoms with Crippen molar-refractivity contribution in [3.8, 4) is 17.1 Å². The molecule has 0 radical (unpaired) electrons. The van der Waals surface area contributed by atoms with Gasteiger partial charge in [0.05, 0.1) is 11.6 Å². The molecule has 3 heterocycles. The second kappa shape index (κ2) is 7.70. The maximum absolute atomic E-state index is 12.5. The molecule has 1 atom stereocenters. The monoisotopic (exact) mass is 438 g/mol. The molecule has 1 fully saturated rings. The molecule has 0 bridgehead atoms. The molecule has 0 spiro atoms. The normalized spacial score (nSPS) is 18.3. The van der Waals surface area contributed by atoms with Gasteiger partial charge in [0.25, 0.3) is 5.91 Å². The lowest BCUT2D eigenvalue weighted by molar-refractivity contribution is -0.121. The van der Waals surface area contributed by atoms with Gasteiger partial charge in [-0.05, 0) is 43.3 Å². The van der Waals surface area contributed by atoms with Crippen molar-refractivity contribution in [1.82, 2.24) is 10.1 Å². The summed E-state index contributed by atoms with van der Waals surface area (Å²) in [5.74, 6) is 1.14. The van der Waals surface area contributed by atoms with Gasteiger partial charge in [-0.25, -0.2) is 0 Å². The lowest BCUT2D eigenvalue weighted by Crippen LogP contribution is -2.38. The highest BCUT2D eigenvalue weighted by molar-refractivity contribution is 6.30. The Morgan fingerprint density at radius 2 is 2.03 bits per heavy atom. The molecular formula is C22H19ClN4O4. The first kappa shape index (κ1) is 19.6. The topological polar surface area (TPSA) is 88.8 Å². The van der Waals surface area contributed by atoms with Crippen LogP contribution in [-0.2, 0) is 9.59 Å². The minimum absolute atomic E-state index is 0.0185. The molecule has 1 aromatic heterocycles. The van der Waals surface area contributed by atoms with Crippen LogP contribution in [0.25, 0.3) is 11.4 Å². The van der Waals surface area contributed by atoms with Crippen LogP contribution in [0.2, 0.25) is 5.02 Å². The molecule has 0 N–H and O–H groups in total. The Labute approximate surface area is 183 Å². The van der Waals surface area contributed by atoms with E-state index in [0.29, 0.717) is 46.8 Å². The number of hydrogen-bond acceptors (Lipinski definition) is 6. The molecule has 2 aromatic carbocycles. The molecule has 9 heteroatoms. The molecule has 0 aliphatic carbocycles. The lowest BCUT2D eigenvalue weighted by Gasteiger charge is -2.28. The average Bonchev–Trinajstić information content (AvgIpc) is 3.40. The molecule has 158 valence electrons. The van der Waals surface area contributed by atoms with E-state index in [1.807, 2.05) is 31.2 Å². The fourth-order valence-electron chi connectivity index (χ4n) is 3.97. The fourth-order valence-corrected chi connectivity index (χ4v) is 4.16. The van der Waals surface area contributed by atoms with Crippen molar-refractivity contribution in [2.45, 2.75) is 19.3 Å². The number of likely N-dealkylation sites (N-methyl/N-ethyl adjacent to an activating group) is 1. The van der Waals surface area contributed by atoms with Crippen molar-refractivity contribution in [1.29, 1.82) is 0 Å². The molecule has 1 saturated heterocycles. The summed E-state index contributed by atoms with van der Waals surface area (Å²) in [5, 5.41) is 4.68. The number of carbonyl (C=O) groups is 2. The molecular weight excluding hydrogens is 420 g/mol. The first-order valence-corrected chi connectivity index (χ1v) is 10.4. The van der Waals surface area contributed by atoms with Crippen LogP contribution in [0, 0.1) is 0 Å². The third-order valence-corrected chi connectivity index (χ3v) is 5.75. The third-order valence-electron chi connectivity index (χ3n) is 5.51. The Morgan fingerprint density at radius 3 is 2.84 bits per heavy atom. The van der Waals surface area contributed by atoms with Crippen LogP contribution in [-0.4, -0.2) is 41.7 Å². The molecule has 0 saturated carbocycles. The summed E-state index contributed by atoms with van der Waals surface area (Å²) in [4.78, 5) is 32.6. The van der Waals surface area contributed by atoms with Gasteiger partial charge in [-0.2, -0.15) is 4.98 Å². The Hall–Kier alpha value is -3.39. The highest BCUT2D eigenvalue weighted by Crippen LogP contribution is 2.36. The fraction of sp³-hybridized carbons (Fsp3) is 0.273. The number of aromatic nitrogens is 2. The van der Waals surface area contributed by atoms with Crippen LogP contribution >= 0.6 is 11.6 Å². The summed E-state index contributed by atoms with van der Waals surface area (Å²) in [6.45, 7) is 2.93. The van der Waals surface area contributed by atoms with Crippen LogP contribution in [0.1, 0.15) is 25.2 Å². The van der Waals surface area contributed by atoms with E-state index in [1.165, 1.54) is 0 Å². The summed E-state index contributed by atoms with van der Waals surface area (Å²) >= 11 is 6.06. The van der Waals surface area contributed by atoms with Crippen LogP contribution in [0.4, 0.5) is 11.4 Å². The molecule has 2 aliphatic rings. The van der Waals surface area contributed by atoms with E-state index in [-0.39, 0.29) is 30.8 Å². The molecule has 2 amide bonds. The van der Waals surface area contributed by atoms with Crippen molar-refractivity contribution >= 4 is 34.8 Å². The number of carbonyl (C=O) groups excluding carboxylic acids is 2. The van der Waals surface area contributed by atoms with Crippen LogP contribution in [0.3, 0.4) is 0 Å². The van der Waals surface area contributed by atoms with E-state index in [1.54, 1.807) is 28.0 Å². The minimum Gasteiger partial charge on any atom is -0.482 e. The summed E-state index contributed by atoms with van der Waals surface area (Å²) in [5.41, 5.74) is 2.14. The first-order valence-electron chi connectivity index (χ1n) is 10.0. The number of ether oxygens (including phenoxy) is 1. The van der Waals surface area contributed by atoms with Gasteiger partial charge in [0.1, 0.15) is 5.75 Å². The molecule has 1 unspecified atom stereocenters. The molecule has 8 nitrogen and oxygen atoms in total. The average molecular weight is 439 g/mol. The second-order valence-electron chi connectivity index (χ2n) is 7.45. The highest BCUT2D eigenvalue weighted by Gasteiger charge is 2.35. The number of hydrogen-bond donors (Lipinski definition) is 0. The maximum Gasteiger partial charge on any atom is 0.265 e. The zero-order chi connectivity index (χ0) is 21.5. The van der Waals surface area contributed by atoms with E-state index >= 15 is 0 Å². The number of rotatable bonds is 4. The number of benzene rings is 2. The quantitative estimate of drug-likeness (QED) is 0.617. The zero-order valence-corrected chi connectivity index (χ0v) is 17.5. The van der Waals surface area contributed by atoms with E-state index < -0.39 is 0 Å². The van der Waals surface area contributed by atoms with Gasteiger partial charge in [-0.15, -0.1) is 0 Å². The lowest BCUT2D eigenvalue weighted by atomic mass is 10.1. The Balaban J connectivity index is 1.39. The van der Waals surface area contributed by atoms with Gasteiger partial charge in [0.2, 0.25) is 17.6 Å². The van der Waals surface area contributed by atoms with Gasteiger partial charge >= 0.3 is 0 Å². The van der Waals surface area contributed by atoms with Crippen LogP contribution < -0.4 is 14.5 Å². The van der Waals surface area contributed by atoms with Crippen LogP contribution in [0.5, 0.6) is 5.75 Å². The summed E-state index contributed by atoms with van der Waals surface area (Å²) < 4.78 is 11.0. The van der Waals surface area contributed by atoms with Gasteiger partial charge in [0.15, 0.2) is 6.61 Å². The number of fused-ring (bicyclic) bond motifs is 1. The van der Waals surface area contributed by atoms with Gasteiger partial charge < -0.3 is 19.1 Å². The Bertz CT molecular complexity index is 1180. The predicted molar refractivity (Wildman–Crippen MR) is 114 cm³/mol. The first-order chi connectivity index (χ1) is 15.0. The van der Waals surface area contributed by atoms with Crippen molar-refractivity contribution < 1.29 is 18.8 Å². The zero-order valence-electron chi connectivity index (χ0n) is 16.7. The standard InChI is InChI=1S/C22H19ClN4O4/c1-2-26-17-8-13(6-7-18(17)30-12-20(26)29)21-24-22(31-25-21)14-9-19(28)27(11-14)16-5-3-4-15(23)10-16/h3-8,10,14H,2,9,11-12H2,1H3. The minimum atomic E-state index is -0.206. The molecule has 3 aromatic rings. The van der Waals surface area contributed by atoms with E-state index in [2.05, 4.69) is 10.1 Å². The summed E-state index contributed by atoms with van der Waals surface area (Å²) in [7, 11) is 0.